The second-order valence-corrected chi connectivity index (χ2v) is 8.22. The number of Topliss-reactive ketones (excluding diaryl/α,β-unsaturated/α-hetero) is 1. The molecule has 1 aliphatic carbocycles. The summed E-state index contributed by atoms with van der Waals surface area (Å²) in [6.45, 7) is 3.90. The Morgan fingerprint density at radius 2 is 1.78 bits per heavy atom. The normalized spacial score (nSPS) is 19.2. The highest BCUT2D eigenvalue weighted by molar-refractivity contribution is 6.01. The monoisotopic (exact) mass is 437 g/mol. The zero-order valence-electron chi connectivity index (χ0n) is 17.8. The van der Waals surface area contributed by atoms with E-state index in [4.69, 9.17) is 5.73 Å². The lowest BCUT2D eigenvalue weighted by atomic mass is 9.74. The average molecular weight is 437 g/mol. The Kier molecular flexibility index (Phi) is 5.33. The van der Waals surface area contributed by atoms with E-state index in [0.717, 1.165) is 28.8 Å². The smallest absolute Gasteiger partial charge is 0.384 e. The molecule has 1 unspecified atom stereocenters. The molecule has 4 rings (SSSR count). The molecule has 0 saturated carbocycles. The molecular weight excluding hydrogens is 415 g/mol. The second-order valence-electron chi connectivity index (χ2n) is 8.22. The van der Waals surface area contributed by atoms with Gasteiger partial charge in [0.15, 0.2) is 5.78 Å². The Bertz CT molecular complexity index is 1200. The Morgan fingerprint density at radius 1 is 1.09 bits per heavy atom. The molecule has 32 heavy (non-hydrogen) atoms. The summed E-state index contributed by atoms with van der Waals surface area (Å²) < 4.78 is 39.1. The SMILES string of the molecule is Cc1ccc(C2C(C#N)=C(N)N(c3ccc(C(F)(F)F)cc3)C3=C2C(=O)CCC3)c(C)c1. The van der Waals surface area contributed by atoms with Gasteiger partial charge in [0.2, 0.25) is 0 Å². The van der Waals surface area contributed by atoms with Crippen LogP contribution in [-0.4, -0.2) is 5.78 Å². The van der Waals surface area contributed by atoms with Gasteiger partial charge in [-0.25, -0.2) is 0 Å². The van der Waals surface area contributed by atoms with Crippen LogP contribution in [0.1, 0.15) is 47.4 Å². The van der Waals surface area contributed by atoms with Gasteiger partial charge in [0.1, 0.15) is 5.82 Å². The van der Waals surface area contributed by atoms with E-state index in [2.05, 4.69) is 6.07 Å². The fraction of sp³-hybridized carbons (Fsp3) is 0.280. The third kappa shape index (κ3) is 3.56. The molecular formula is C25H22F3N3O. The number of carbonyl (C=O) groups is 1. The van der Waals surface area contributed by atoms with E-state index in [-0.39, 0.29) is 17.2 Å². The van der Waals surface area contributed by atoms with Crippen molar-refractivity contribution in [2.75, 3.05) is 4.90 Å². The molecule has 164 valence electrons. The van der Waals surface area contributed by atoms with E-state index >= 15 is 0 Å². The van der Waals surface area contributed by atoms with E-state index in [0.29, 0.717) is 36.2 Å². The number of nitriles is 1. The molecule has 0 radical (unpaired) electrons. The van der Waals surface area contributed by atoms with E-state index < -0.39 is 17.7 Å². The minimum absolute atomic E-state index is 0.0617. The van der Waals surface area contributed by atoms with E-state index in [1.54, 1.807) is 4.90 Å². The van der Waals surface area contributed by atoms with Crippen LogP contribution >= 0.6 is 0 Å². The number of aryl methyl sites for hydroxylation is 2. The summed E-state index contributed by atoms with van der Waals surface area (Å²) in [4.78, 5) is 14.7. The van der Waals surface area contributed by atoms with Gasteiger partial charge in [-0.05, 0) is 62.1 Å². The Labute approximate surface area is 184 Å². The third-order valence-electron chi connectivity index (χ3n) is 6.10. The molecule has 1 atom stereocenters. The van der Waals surface area contributed by atoms with Gasteiger partial charge in [0, 0.05) is 23.4 Å². The van der Waals surface area contributed by atoms with Crippen molar-refractivity contribution in [3.63, 3.8) is 0 Å². The van der Waals surface area contributed by atoms with Crippen LogP contribution in [0, 0.1) is 25.2 Å². The van der Waals surface area contributed by atoms with Crippen LogP contribution in [0.2, 0.25) is 0 Å². The summed E-state index contributed by atoms with van der Waals surface area (Å²) in [5.41, 5.74) is 10.3. The minimum Gasteiger partial charge on any atom is -0.384 e. The number of carbonyl (C=O) groups excluding carboxylic acids is 1. The first kappa shape index (κ1) is 21.7. The zero-order chi connectivity index (χ0) is 23.2. The van der Waals surface area contributed by atoms with Crippen LogP contribution < -0.4 is 10.6 Å². The van der Waals surface area contributed by atoms with Crippen LogP contribution in [0.15, 0.2) is 65.1 Å². The second kappa shape index (κ2) is 7.86. The number of alkyl halides is 3. The Morgan fingerprint density at radius 3 is 2.38 bits per heavy atom. The Hall–Kier alpha value is -3.53. The van der Waals surface area contributed by atoms with Crippen LogP contribution in [-0.2, 0) is 11.0 Å². The maximum absolute atomic E-state index is 13.1. The standard InChI is InChI=1S/C25H22F3N3O/c1-14-6-11-18(15(2)12-14)22-19(13-29)24(30)31(20-4-3-5-21(32)23(20)22)17-9-7-16(8-10-17)25(26,27)28/h6-12,22H,3-5,30H2,1-2H3. The minimum atomic E-state index is -4.46. The number of hydrogen-bond donors (Lipinski definition) is 1. The number of rotatable bonds is 2. The van der Waals surface area contributed by atoms with Crippen molar-refractivity contribution in [3.8, 4) is 6.07 Å². The van der Waals surface area contributed by atoms with Crippen LogP contribution in [0.3, 0.4) is 0 Å². The van der Waals surface area contributed by atoms with Crippen molar-refractivity contribution >= 4 is 11.5 Å². The summed E-state index contributed by atoms with van der Waals surface area (Å²) in [6, 6.07) is 12.6. The Balaban J connectivity index is 1.92. The number of halogens is 3. The predicted octanol–water partition coefficient (Wildman–Crippen LogP) is 5.63. The van der Waals surface area contributed by atoms with Gasteiger partial charge in [0.05, 0.1) is 23.1 Å². The van der Waals surface area contributed by atoms with Crippen molar-refractivity contribution in [1.29, 1.82) is 5.26 Å². The number of allylic oxidation sites excluding steroid dienone is 3. The summed E-state index contributed by atoms with van der Waals surface area (Å²) in [5.74, 6) is -0.506. The molecule has 0 spiro atoms. The molecule has 0 aromatic heterocycles. The summed E-state index contributed by atoms with van der Waals surface area (Å²) in [6.07, 6.45) is -2.94. The first-order chi connectivity index (χ1) is 15.1. The maximum Gasteiger partial charge on any atom is 0.416 e. The van der Waals surface area contributed by atoms with Crippen LogP contribution in [0.5, 0.6) is 0 Å². The molecule has 2 aromatic carbocycles. The molecule has 1 heterocycles. The predicted molar refractivity (Wildman–Crippen MR) is 115 cm³/mol. The highest BCUT2D eigenvalue weighted by Gasteiger charge is 2.41. The molecule has 4 nitrogen and oxygen atoms in total. The lowest BCUT2D eigenvalue weighted by molar-refractivity contribution is -0.137. The fourth-order valence-corrected chi connectivity index (χ4v) is 4.64. The largest absolute Gasteiger partial charge is 0.416 e. The molecule has 2 N–H and O–H groups in total. The topological polar surface area (TPSA) is 70.1 Å². The van der Waals surface area contributed by atoms with Crippen LogP contribution in [0.25, 0.3) is 0 Å². The third-order valence-corrected chi connectivity index (χ3v) is 6.10. The molecule has 1 aliphatic heterocycles. The molecule has 7 heteroatoms. The summed E-state index contributed by atoms with van der Waals surface area (Å²) >= 11 is 0. The average Bonchev–Trinajstić information content (AvgIpc) is 2.73. The lowest BCUT2D eigenvalue weighted by Gasteiger charge is -2.40. The zero-order valence-corrected chi connectivity index (χ0v) is 17.8. The van der Waals surface area contributed by atoms with Gasteiger partial charge in [-0.3, -0.25) is 9.69 Å². The lowest BCUT2D eigenvalue weighted by Crippen LogP contribution is -2.38. The van der Waals surface area contributed by atoms with E-state index in [1.807, 2.05) is 32.0 Å². The van der Waals surface area contributed by atoms with Crippen molar-refractivity contribution in [1.82, 2.24) is 0 Å². The molecule has 2 aliphatic rings. The number of hydrogen-bond acceptors (Lipinski definition) is 4. The first-order valence-corrected chi connectivity index (χ1v) is 10.3. The molecule has 0 amide bonds. The van der Waals surface area contributed by atoms with E-state index in [1.165, 1.54) is 12.1 Å². The van der Waals surface area contributed by atoms with Crippen molar-refractivity contribution in [2.24, 2.45) is 5.73 Å². The van der Waals surface area contributed by atoms with E-state index in [9.17, 15) is 23.2 Å². The van der Waals surface area contributed by atoms with Crippen molar-refractivity contribution < 1.29 is 18.0 Å². The van der Waals surface area contributed by atoms with Crippen LogP contribution in [0.4, 0.5) is 18.9 Å². The summed E-state index contributed by atoms with van der Waals surface area (Å²) in [7, 11) is 0. The molecule has 0 fully saturated rings. The first-order valence-electron chi connectivity index (χ1n) is 10.3. The number of ketones is 1. The van der Waals surface area contributed by atoms with Gasteiger partial charge >= 0.3 is 6.18 Å². The fourth-order valence-electron chi connectivity index (χ4n) is 4.64. The number of anilines is 1. The highest BCUT2D eigenvalue weighted by atomic mass is 19.4. The van der Waals surface area contributed by atoms with Gasteiger partial charge in [-0.2, -0.15) is 18.4 Å². The van der Waals surface area contributed by atoms with Gasteiger partial charge < -0.3 is 5.73 Å². The maximum atomic E-state index is 13.1. The number of nitrogens with two attached hydrogens (primary N) is 1. The highest BCUT2D eigenvalue weighted by Crippen LogP contribution is 2.47. The number of benzene rings is 2. The summed E-state index contributed by atoms with van der Waals surface area (Å²) in [5, 5.41) is 10.0. The molecule has 0 saturated heterocycles. The van der Waals surface area contributed by atoms with Gasteiger partial charge in [0.25, 0.3) is 0 Å². The van der Waals surface area contributed by atoms with Gasteiger partial charge in [-0.15, -0.1) is 0 Å². The quantitative estimate of drug-likeness (QED) is 0.661. The molecule has 2 aromatic rings. The van der Waals surface area contributed by atoms with Gasteiger partial charge in [-0.1, -0.05) is 23.8 Å². The molecule has 0 bridgehead atoms. The van der Waals surface area contributed by atoms with Crippen molar-refractivity contribution in [2.45, 2.75) is 45.2 Å². The van der Waals surface area contributed by atoms with Crippen molar-refractivity contribution in [3.05, 3.63) is 87.4 Å². The number of nitrogens with zero attached hydrogens (tertiary/aromatic N) is 2.